The lowest BCUT2D eigenvalue weighted by atomic mass is 9.86. The fourth-order valence-corrected chi connectivity index (χ4v) is 3.38. The van der Waals surface area contributed by atoms with Crippen LogP contribution in [-0.2, 0) is 4.79 Å². The van der Waals surface area contributed by atoms with Crippen LogP contribution in [0, 0.1) is 17.0 Å². The number of hydrogen-bond donors (Lipinski definition) is 3. The minimum atomic E-state index is -1.00. The molecule has 7 nitrogen and oxygen atoms in total. The van der Waals surface area contributed by atoms with Crippen molar-refractivity contribution in [2.75, 3.05) is 26.7 Å². The number of rotatable bonds is 4. The molecule has 1 aliphatic heterocycles. The van der Waals surface area contributed by atoms with E-state index in [1.807, 2.05) is 27.7 Å². The molecule has 1 saturated heterocycles. The summed E-state index contributed by atoms with van der Waals surface area (Å²) >= 11 is 0. The van der Waals surface area contributed by atoms with Gasteiger partial charge >= 0.3 is 6.03 Å². The third-order valence-electron chi connectivity index (χ3n) is 5.28. The number of hydrogen-bond acceptors (Lipinski definition) is 4. The van der Waals surface area contributed by atoms with Crippen molar-refractivity contribution in [1.29, 1.82) is 0 Å². The van der Waals surface area contributed by atoms with Crippen LogP contribution in [0.2, 0.25) is 0 Å². The second-order valence-electron chi connectivity index (χ2n) is 8.56. The average molecular weight is 436 g/mol. The number of aliphatic imine (C=N–C) groups is 1. The van der Waals surface area contributed by atoms with Crippen molar-refractivity contribution in [3.8, 4) is 0 Å². The molecule has 0 spiro atoms. The van der Waals surface area contributed by atoms with Crippen LogP contribution in [0.3, 0.4) is 0 Å². The van der Waals surface area contributed by atoms with Crippen molar-refractivity contribution in [3.05, 3.63) is 41.0 Å². The molecule has 0 bridgehead atoms. The Bertz CT molecular complexity index is 906. The summed E-state index contributed by atoms with van der Waals surface area (Å²) in [5.74, 6) is -2.28. The normalized spacial score (nSPS) is 19.1. The molecule has 1 heterocycles. The Morgan fingerprint density at radius 1 is 1.26 bits per heavy atom. The predicted octanol–water partition coefficient (Wildman–Crippen LogP) is 2.67. The summed E-state index contributed by atoms with van der Waals surface area (Å²) < 4.78 is 27.1. The van der Waals surface area contributed by atoms with E-state index in [2.05, 4.69) is 20.5 Å². The summed E-state index contributed by atoms with van der Waals surface area (Å²) in [4.78, 5) is 31.2. The lowest BCUT2D eigenvalue weighted by Crippen LogP contribution is -2.52. The highest BCUT2D eigenvalue weighted by Crippen LogP contribution is 2.23. The highest BCUT2D eigenvalue weighted by Gasteiger charge is 2.32. The number of nitrogens with two attached hydrogens (primary N) is 1. The summed E-state index contributed by atoms with van der Waals surface area (Å²) in [6.07, 6.45) is 0.459. The van der Waals surface area contributed by atoms with Crippen LogP contribution in [0.25, 0.3) is 5.70 Å². The monoisotopic (exact) mass is 435 g/mol. The van der Waals surface area contributed by atoms with Gasteiger partial charge in [-0.15, -0.1) is 0 Å². The zero-order valence-electron chi connectivity index (χ0n) is 18.7. The average Bonchev–Trinajstić information content (AvgIpc) is 2.72. The Morgan fingerprint density at radius 3 is 2.48 bits per heavy atom. The molecule has 1 unspecified atom stereocenters. The molecule has 2 rings (SSSR count). The first-order chi connectivity index (χ1) is 14.5. The number of nitrogens with zero attached hydrogens (tertiary/aromatic N) is 2. The summed E-state index contributed by atoms with van der Waals surface area (Å²) in [6.45, 7) is 9.38. The van der Waals surface area contributed by atoms with Gasteiger partial charge < -0.3 is 16.4 Å². The second-order valence-corrected chi connectivity index (χ2v) is 8.56. The molecule has 4 N–H and O–H groups in total. The number of halogens is 2. The van der Waals surface area contributed by atoms with Crippen molar-refractivity contribution >= 4 is 23.3 Å². The van der Waals surface area contributed by atoms with E-state index in [1.54, 1.807) is 0 Å². The highest BCUT2D eigenvalue weighted by molar-refractivity contribution is 6.11. The largest absolute Gasteiger partial charge is 0.398 e. The van der Waals surface area contributed by atoms with Gasteiger partial charge in [0.1, 0.15) is 6.04 Å². The zero-order chi connectivity index (χ0) is 23.3. The van der Waals surface area contributed by atoms with Crippen molar-refractivity contribution in [1.82, 2.24) is 15.5 Å². The molecular weight excluding hydrogens is 404 g/mol. The molecule has 31 heavy (non-hydrogen) atoms. The molecule has 0 saturated carbocycles. The van der Waals surface area contributed by atoms with Crippen LogP contribution in [0.5, 0.6) is 0 Å². The van der Waals surface area contributed by atoms with Crippen LogP contribution in [0.15, 0.2) is 28.8 Å². The number of urea groups is 1. The van der Waals surface area contributed by atoms with E-state index in [4.69, 9.17) is 5.73 Å². The number of amides is 3. The van der Waals surface area contributed by atoms with Crippen molar-refractivity contribution < 1.29 is 18.4 Å². The van der Waals surface area contributed by atoms with Gasteiger partial charge in [-0.25, -0.2) is 13.6 Å². The molecule has 0 radical (unpaired) electrons. The van der Waals surface area contributed by atoms with E-state index in [9.17, 15) is 18.4 Å². The lowest BCUT2D eigenvalue weighted by Gasteiger charge is -2.31. The predicted molar refractivity (Wildman–Crippen MR) is 117 cm³/mol. The lowest BCUT2D eigenvalue weighted by molar-refractivity contribution is -0.124. The standard InChI is InChI=1S/C22H31F2N5O2/c1-6-29-10-9-17(27-21(31)28-19(20(30)26-5)22(2,3)4)14(12-29)18(25)13-7-8-15(23)16(24)11-13/h7-8,11,19H,6,9-10,12,25H2,1-5H3,(H,26,30)(H,28,31). The summed E-state index contributed by atoms with van der Waals surface area (Å²) in [7, 11) is 1.50. The van der Waals surface area contributed by atoms with Gasteiger partial charge in [0.25, 0.3) is 0 Å². The van der Waals surface area contributed by atoms with Crippen LogP contribution in [0.4, 0.5) is 13.6 Å². The minimum absolute atomic E-state index is 0.238. The van der Waals surface area contributed by atoms with Gasteiger partial charge in [-0.3, -0.25) is 9.69 Å². The van der Waals surface area contributed by atoms with Crippen LogP contribution in [-0.4, -0.2) is 55.3 Å². The first-order valence-electron chi connectivity index (χ1n) is 10.2. The van der Waals surface area contributed by atoms with Gasteiger partial charge in [0, 0.05) is 43.4 Å². The van der Waals surface area contributed by atoms with E-state index < -0.39 is 29.1 Å². The Balaban J connectivity index is 2.41. The van der Waals surface area contributed by atoms with Gasteiger partial charge in [0.2, 0.25) is 5.91 Å². The maximum atomic E-state index is 13.7. The SMILES string of the molecule is CCN1CCC(=NC(=O)NC(C(=O)NC)C(C)(C)C)C(=C(N)c2ccc(F)c(F)c2)C1. The molecule has 0 aromatic heterocycles. The summed E-state index contributed by atoms with van der Waals surface area (Å²) in [6, 6.07) is 2.01. The summed E-state index contributed by atoms with van der Waals surface area (Å²) in [5.41, 5.74) is 7.38. The number of carbonyl (C=O) groups is 2. The van der Waals surface area contributed by atoms with Crippen molar-refractivity contribution in [2.24, 2.45) is 16.1 Å². The van der Waals surface area contributed by atoms with E-state index >= 15 is 0 Å². The van der Waals surface area contributed by atoms with Crippen LogP contribution < -0.4 is 16.4 Å². The number of piperidine rings is 1. The Hall–Kier alpha value is -2.81. The Morgan fingerprint density at radius 2 is 1.94 bits per heavy atom. The summed E-state index contributed by atoms with van der Waals surface area (Å²) in [5, 5.41) is 5.22. The van der Waals surface area contributed by atoms with Gasteiger partial charge in [0.15, 0.2) is 11.6 Å². The number of benzene rings is 1. The van der Waals surface area contributed by atoms with Gasteiger partial charge in [0.05, 0.1) is 5.71 Å². The Kier molecular flexibility index (Phi) is 7.89. The fourth-order valence-electron chi connectivity index (χ4n) is 3.38. The van der Waals surface area contributed by atoms with E-state index in [0.717, 1.165) is 18.7 Å². The first kappa shape index (κ1) is 24.5. The van der Waals surface area contributed by atoms with Crippen LogP contribution >= 0.6 is 0 Å². The quantitative estimate of drug-likeness (QED) is 0.677. The number of likely N-dealkylation sites (N-methyl/N-ethyl adjacent to an activating group) is 2. The molecule has 1 atom stereocenters. The zero-order valence-corrected chi connectivity index (χ0v) is 18.7. The topological polar surface area (TPSA) is 99.8 Å². The number of nitrogens with one attached hydrogen (secondary N) is 2. The molecule has 1 aromatic carbocycles. The fraction of sp³-hybridized carbons (Fsp3) is 0.500. The maximum Gasteiger partial charge on any atom is 0.341 e. The molecule has 9 heteroatoms. The van der Waals surface area contributed by atoms with Gasteiger partial charge in [-0.2, -0.15) is 4.99 Å². The van der Waals surface area contributed by atoms with E-state index in [1.165, 1.54) is 13.1 Å². The third-order valence-corrected chi connectivity index (χ3v) is 5.28. The Labute approximate surface area is 181 Å². The first-order valence-corrected chi connectivity index (χ1v) is 10.2. The molecular formula is C22H31F2N5O2. The molecule has 1 fully saturated rings. The third kappa shape index (κ3) is 6.10. The van der Waals surface area contributed by atoms with Crippen LogP contribution in [0.1, 0.15) is 39.7 Å². The minimum Gasteiger partial charge on any atom is -0.398 e. The number of likely N-dealkylation sites (tertiary alicyclic amines) is 1. The smallest absolute Gasteiger partial charge is 0.341 e. The van der Waals surface area contributed by atoms with Gasteiger partial charge in [-0.05, 0) is 30.2 Å². The second kappa shape index (κ2) is 10.00. The van der Waals surface area contributed by atoms with Crippen molar-refractivity contribution in [3.63, 3.8) is 0 Å². The van der Waals surface area contributed by atoms with E-state index in [-0.39, 0.29) is 11.6 Å². The maximum absolute atomic E-state index is 13.7. The molecule has 170 valence electrons. The molecule has 1 aromatic rings. The van der Waals surface area contributed by atoms with E-state index in [0.29, 0.717) is 36.4 Å². The van der Waals surface area contributed by atoms with Crippen molar-refractivity contribution in [2.45, 2.75) is 40.2 Å². The molecule has 1 aliphatic rings. The molecule has 0 aliphatic carbocycles. The van der Waals surface area contributed by atoms with Gasteiger partial charge in [-0.1, -0.05) is 27.7 Å². The highest BCUT2D eigenvalue weighted by atomic mass is 19.2. The molecule has 3 amide bonds. The number of carbonyl (C=O) groups excluding carboxylic acids is 2.